The first-order valence-electron chi connectivity index (χ1n) is 24.2. The Morgan fingerprint density at radius 2 is 1.03 bits per heavy atom. The Kier molecular flexibility index (Phi) is 38.8. The molecule has 9 heteroatoms. The maximum absolute atomic E-state index is 12.8. The van der Waals surface area contributed by atoms with Gasteiger partial charge in [0.2, 0.25) is 0 Å². The van der Waals surface area contributed by atoms with Crippen molar-refractivity contribution in [2.45, 2.75) is 237 Å². The average molecular weight is 835 g/mol. The Morgan fingerprint density at radius 1 is 0.559 bits per heavy atom. The standard InChI is InChI=1S/C50H90O9/c1-3-5-7-9-11-13-15-17-19-20-21-22-23-24-26-28-30-32-34-36-38-40-56-42-44(43-57-50-49(55)48(54)47(53)45(41-51)59-50)58-46(52)39-37-35-33-31-29-27-25-18-16-14-12-10-8-6-4-2/h6,8,12,14,18,25,29,31,44-45,47-51,53-55H,3-5,7,9-11,13,15-17,19-24,26-28,30,32-43H2,1-2H3/b8-6-,14-12-,25-18-,31-29-. The largest absolute Gasteiger partial charge is 0.457 e. The highest BCUT2D eigenvalue weighted by atomic mass is 16.7. The van der Waals surface area contributed by atoms with Crippen LogP contribution in [0.3, 0.4) is 0 Å². The third-order valence-electron chi connectivity index (χ3n) is 11.0. The SMILES string of the molecule is CC/C=C\C/C=C\C/C=C\C/C=C\CCCCC(=O)OC(COCCCCCCCCCCCCCCCCCCCCCCC)COC1OC(CO)C(O)C(O)C1O. The van der Waals surface area contributed by atoms with Gasteiger partial charge in [-0.05, 0) is 51.4 Å². The third-order valence-corrected chi connectivity index (χ3v) is 11.0. The first-order valence-corrected chi connectivity index (χ1v) is 24.2. The van der Waals surface area contributed by atoms with Crippen LogP contribution in [0.2, 0.25) is 0 Å². The van der Waals surface area contributed by atoms with Crippen molar-refractivity contribution in [2.75, 3.05) is 26.4 Å². The lowest BCUT2D eigenvalue weighted by molar-refractivity contribution is -0.305. The molecule has 1 saturated heterocycles. The van der Waals surface area contributed by atoms with Gasteiger partial charge >= 0.3 is 5.97 Å². The van der Waals surface area contributed by atoms with Crippen molar-refractivity contribution in [1.82, 2.24) is 0 Å². The number of rotatable bonds is 41. The minimum atomic E-state index is -1.54. The predicted molar refractivity (Wildman–Crippen MR) is 242 cm³/mol. The van der Waals surface area contributed by atoms with Crippen LogP contribution in [0.1, 0.15) is 200 Å². The lowest BCUT2D eigenvalue weighted by atomic mass is 9.99. The zero-order valence-electron chi connectivity index (χ0n) is 37.7. The van der Waals surface area contributed by atoms with Crippen molar-refractivity contribution in [3.8, 4) is 0 Å². The van der Waals surface area contributed by atoms with Gasteiger partial charge in [-0.15, -0.1) is 0 Å². The van der Waals surface area contributed by atoms with Gasteiger partial charge in [0.1, 0.15) is 30.5 Å². The molecule has 0 aromatic carbocycles. The smallest absolute Gasteiger partial charge is 0.306 e. The van der Waals surface area contributed by atoms with E-state index in [2.05, 4.69) is 62.5 Å². The van der Waals surface area contributed by atoms with E-state index in [4.69, 9.17) is 18.9 Å². The van der Waals surface area contributed by atoms with Gasteiger partial charge in [0.15, 0.2) is 6.29 Å². The summed E-state index contributed by atoms with van der Waals surface area (Å²) in [4.78, 5) is 12.8. The van der Waals surface area contributed by atoms with Crippen molar-refractivity contribution in [2.24, 2.45) is 0 Å². The molecule has 1 fully saturated rings. The summed E-state index contributed by atoms with van der Waals surface area (Å²) in [5.41, 5.74) is 0. The van der Waals surface area contributed by atoms with Gasteiger partial charge in [0.25, 0.3) is 0 Å². The highest BCUT2D eigenvalue weighted by Crippen LogP contribution is 2.23. The van der Waals surface area contributed by atoms with Crippen LogP contribution in [0.4, 0.5) is 0 Å². The summed E-state index contributed by atoms with van der Waals surface area (Å²) < 4.78 is 22.8. The zero-order valence-corrected chi connectivity index (χ0v) is 37.7. The summed E-state index contributed by atoms with van der Waals surface area (Å²) in [6.45, 7) is 4.41. The number of allylic oxidation sites excluding steroid dienone is 8. The molecule has 0 radical (unpaired) electrons. The van der Waals surface area contributed by atoms with Gasteiger partial charge in [-0.1, -0.05) is 191 Å². The fraction of sp³-hybridized carbons (Fsp3) is 0.820. The average Bonchev–Trinajstić information content (AvgIpc) is 3.24. The molecule has 4 N–H and O–H groups in total. The van der Waals surface area contributed by atoms with Gasteiger partial charge in [-0.2, -0.15) is 0 Å². The van der Waals surface area contributed by atoms with Crippen molar-refractivity contribution in [3.05, 3.63) is 48.6 Å². The molecule has 344 valence electrons. The third kappa shape index (κ3) is 32.5. The minimum absolute atomic E-state index is 0.129. The fourth-order valence-electron chi connectivity index (χ4n) is 7.25. The van der Waals surface area contributed by atoms with Crippen molar-refractivity contribution >= 4 is 5.97 Å². The fourth-order valence-corrected chi connectivity index (χ4v) is 7.25. The van der Waals surface area contributed by atoms with E-state index in [1.54, 1.807) is 0 Å². The van der Waals surface area contributed by atoms with Gasteiger partial charge in [0, 0.05) is 13.0 Å². The molecule has 1 heterocycles. The molecule has 0 aromatic rings. The molecule has 0 spiro atoms. The molecule has 9 nitrogen and oxygen atoms in total. The summed E-state index contributed by atoms with van der Waals surface area (Å²) in [6, 6.07) is 0. The molecule has 6 atom stereocenters. The number of carbonyl (C=O) groups excluding carboxylic acids is 1. The first-order chi connectivity index (χ1) is 28.9. The Labute approximate surface area is 361 Å². The monoisotopic (exact) mass is 835 g/mol. The van der Waals surface area contributed by atoms with Gasteiger partial charge in [-0.25, -0.2) is 0 Å². The number of ether oxygens (including phenoxy) is 4. The lowest BCUT2D eigenvalue weighted by Crippen LogP contribution is -2.59. The number of aliphatic hydroxyl groups excluding tert-OH is 4. The van der Waals surface area contributed by atoms with Crippen LogP contribution in [0.25, 0.3) is 0 Å². The number of carbonyl (C=O) groups is 1. The number of hydrogen-bond donors (Lipinski definition) is 4. The van der Waals surface area contributed by atoms with E-state index >= 15 is 0 Å². The van der Waals surface area contributed by atoms with Crippen molar-refractivity contribution in [1.29, 1.82) is 0 Å². The summed E-state index contributed by atoms with van der Waals surface area (Å²) in [5, 5.41) is 40.2. The van der Waals surface area contributed by atoms with E-state index < -0.39 is 43.4 Å². The molecule has 0 aliphatic carbocycles. The summed E-state index contributed by atoms with van der Waals surface area (Å²) >= 11 is 0. The van der Waals surface area contributed by atoms with E-state index in [9.17, 15) is 25.2 Å². The van der Waals surface area contributed by atoms with Crippen LogP contribution in [-0.4, -0.2) is 89.6 Å². The second kappa shape index (κ2) is 41.5. The summed E-state index contributed by atoms with van der Waals surface area (Å²) in [5.74, 6) is -0.352. The molecule has 1 rings (SSSR count). The van der Waals surface area contributed by atoms with Crippen molar-refractivity contribution in [3.63, 3.8) is 0 Å². The molecule has 0 aromatic heterocycles. The van der Waals surface area contributed by atoms with E-state index in [1.165, 1.54) is 122 Å². The predicted octanol–water partition coefficient (Wildman–Crippen LogP) is 11.3. The number of esters is 1. The maximum atomic E-state index is 12.8. The van der Waals surface area contributed by atoms with Crippen molar-refractivity contribution < 1.29 is 44.2 Å². The Morgan fingerprint density at radius 3 is 1.53 bits per heavy atom. The highest BCUT2D eigenvalue weighted by Gasteiger charge is 2.44. The quantitative estimate of drug-likeness (QED) is 0.0270. The van der Waals surface area contributed by atoms with Crippen LogP contribution in [-0.2, 0) is 23.7 Å². The molecular formula is C50H90O9. The molecule has 1 aliphatic rings. The molecule has 59 heavy (non-hydrogen) atoms. The summed E-state index contributed by atoms with van der Waals surface area (Å²) in [7, 11) is 0. The number of unbranched alkanes of at least 4 members (excludes halogenated alkanes) is 22. The lowest BCUT2D eigenvalue weighted by Gasteiger charge is -2.39. The molecule has 0 bridgehead atoms. The van der Waals surface area contributed by atoms with E-state index in [0.29, 0.717) is 13.0 Å². The summed E-state index contributed by atoms with van der Waals surface area (Å²) in [6.07, 6.45) is 44.4. The van der Waals surface area contributed by atoms with Crippen LogP contribution >= 0.6 is 0 Å². The van der Waals surface area contributed by atoms with Gasteiger partial charge in [-0.3, -0.25) is 4.79 Å². The van der Waals surface area contributed by atoms with Crippen LogP contribution in [0.5, 0.6) is 0 Å². The van der Waals surface area contributed by atoms with Gasteiger partial charge in [0.05, 0.1) is 19.8 Å². The molecule has 6 unspecified atom stereocenters. The highest BCUT2D eigenvalue weighted by molar-refractivity contribution is 5.69. The normalized spacial score (nSPS) is 20.5. The van der Waals surface area contributed by atoms with Crippen LogP contribution in [0, 0.1) is 0 Å². The molecule has 1 aliphatic heterocycles. The van der Waals surface area contributed by atoms with Crippen LogP contribution in [0.15, 0.2) is 48.6 Å². The topological polar surface area (TPSA) is 135 Å². The Balaban J connectivity index is 2.23. The molecule has 0 saturated carbocycles. The minimum Gasteiger partial charge on any atom is -0.457 e. The number of hydrogen-bond acceptors (Lipinski definition) is 9. The Bertz CT molecular complexity index is 1040. The maximum Gasteiger partial charge on any atom is 0.306 e. The first kappa shape index (κ1) is 55.2. The van der Waals surface area contributed by atoms with E-state index in [0.717, 1.165) is 51.4 Å². The molecular weight excluding hydrogens is 745 g/mol. The second-order valence-electron chi connectivity index (χ2n) is 16.5. The number of aliphatic hydroxyl groups is 4. The van der Waals surface area contributed by atoms with Crippen LogP contribution < -0.4 is 0 Å². The second-order valence-corrected chi connectivity index (χ2v) is 16.5. The Hall–Kier alpha value is -1.85. The molecule has 0 amide bonds. The zero-order chi connectivity index (χ0) is 42.9. The van der Waals surface area contributed by atoms with Gasteiger partial charge < -0.3 is 39.4 Å². The van der Waals surface area contributed by atoms with E-state index in [1.807, 2.05) is 0 Å². The van der Waals surface area contributed by atoms with E-state index in [-0.39, 0.29) is 25.6 Å².